The molecule has 0 radical (unpaired) electrons. The first kappa shape index (κ1) is 34.1. The summed E-state index contributed by atoms with van der Waals surface area (Å²) >= 11 is 1.51. The van der Waals surface area contributed by atoms with Crippen LogP contribution in [0.2, 0.25) is 0 Å². The van der Waals surface area contributed by atoms with Gasteiger partial charge in [0.25, 0.3) is 0 Å². The molecule has 2 aliphatic carbocycles. The molecule has 4 rings (SSSR count). The van der Waals surface area contributed by atoms with Crippen LogP contribution in [-0.2, 0) is 39.8 Å². The van der Waals surface area contributed by atoms with E-state index in [-0.39, 0.29) is 30.7 Å². The van der Waals surface area contributed by atoms with E-state index in [0.717, 1.165) is 55.1 Å². The van der Waals surface area contributed by atoms with Gasteiger partial charge in [0.1, 0.15) is 5.49 Å². The molecule has 4 atom stereocenters. The first-order chi connectivity index (χ1) is 19.0. The topological polar surface area (TPSA) is 105 Å². The first-order valence-corrected chi connectivity index (χ1v) is 20.0. The van der Waals surface area contributed by atoms with Gasteiger partial charge in [-0.3, -0.25) is 9.55 Å². The number of thioether (sulfide) groups is 1. The van der Waals surface area contributed by atoms with Crippen LogP contribution in [0.15, 0.2) is 17.0 Å². The summed E-state index contributed by atoms with van der Waals surface area (Å²) in [6, 6.07) is 5.26. The van der Waals surface area contributed by atoms with E-state index in [1.807, 2.05) is 13.8 Å². The van der Waals surface area contributed by atoms with E-state index in [1.165, 1.54) is 37.4 Å². The van der Waals surface area contributed by atoms with E-state index in [4.69, 9.17) is 55.5 Å². The SMILES string of the molecule is CCOP(=O)(CSc1cc2nc(c1)C[N-][C@@H]1CCCC[C@H]1[N-]CC[N-]C1CCCCC1[N-]C2)OCC.[Cl][Mn][Cl]. The Morgan fingerprint density at radius 2 is 1.26 bits per heavy atom. The Kier molecular flexibility index (Phi) is 16.6. The fraction of sp³-hybridized carbons (Fsp3) is 0.808. The van der Waals surface area contributed by atoms with Gasteiger partial charge in [0.2, 0.25) is 0 Å². The van der Waals surface area contributed by atoms with E-state index in [2.05, 4.69) is 12.1 Å². The Morgan fingerprint density at radius 3 is 1.67 bits per heavy atom. The minimum atomic E-state index is -3.14. The first-order valence-electron chi connectivity index (χ1n) is 14.0. The number of nitrogens with zero attached hydrogens (tertiary/aromatic N) is 5. The van der Waals surface area contributed by atoms with E-state index < -0.39 is 7.60 Å². The van der Waals surface area contributed by atoms with Gasteiger partial charge in [0, 0.05) is 16.3 Å². The summed E-state index contributed by atoms with van der Waals surface area (Å²) in [5.41, 5.74) is 2.16. The maximum atomic E-state index is 13.0. The monoisotopic (exact) mass is 660 g/mol. The average molecular weight is 662 g/mol. The molecule has 39 heavy (non-hydrogen) atoms. The Hall–Kier alpha value is 0.589. The molecule has 8 nitrogen and oxygen atoms in total. The van der Waals surface area contributed by atoms with E-state index in [0.29, 0.717) is 38.4 Å². The van der Waals surface area contributed by atoms with Crippen molar-refractivity contribution in [2.24, 2.45) is 0 Å². The molecule has 2 bridgehead atoms. The van der Waals surface area contributed by atoms with Gasteiger partial charge in [-0.25, -0.2) is 0 Å². The number of pyridine rings is 1. The Balaban J connectivity index is 0.00000134. The normalized spacial score (nSPS) is 26.7. The van der Waals surface area contributed by atoms with Crippen LogP contribution in [0.25, 0.3) is 21.3 Å². The summed E-state index contributed by atoms with van der Waals surface area (Å²) in [6.07, 6.45) is 9.32. The van der Waals surface area contributed by atoms with Crippen molar-refractivity contribution in [2.75, 3.05) is 31.8 Å². The molecule has 225 valence electrons. The zero-order valence-electron chi connectivity index (χ0n) is 23.0. The second kappa shape index (κ2) is 19.0. The van der Waals surface area contributed by atoms with Gasteiger partial charge in [0.15, 0.2) is 0 Å². The number of hydrogen-bond acceptors (Lipinski definition) is 5. The molecule has 1 aliphatic heterocycles. The number of halogens is 2. The van der Waals surface area contributed by atoms with Crippen LogP contribution in [0.5, 0.6) is 0 Å². The second-order valence-corrected chi connectivity index (χ2v) is 15.4. The van der Waals surface area contributed by atoms with Gasteiger partial charge >= 0.3 is 40.9 Å². The van der Waals surface area contributed by atoms with E-state index in [9.17, 15) is 4.57 Å². The predicted octanol–water partition coefficient (Wildman–Crippen LogP) is 8.90. The van der Waals surface area contributed by atoms with Gasteiger partial charge in [-0.1, -0.05) is 51.4 Å². The van der Waals surface area contributed by atoms with Gasteiger partial charge in [-0.2, -0.15) is 37.3 Å². The van der Waals surface area contributed by atoms with Crippen molar-refractivity contribution in [3.05, 3.63) is 44.8 Å². The van der Waals surface area contributed by atoms with Crippen LogP contribution >= 0.6 is 39.6 Å². The summed E-state index contributed by atoms with van der Waals surface area (Å²) in [5, 5.41) is 20.2. The average Bonchev–Trinajstić information content (AvgIpc) is 2.94. The van der Waals surface area contributed by atoms with Crippen molar-refractivity contribution in [2.45, 2.75) is 107 Å². The fourth-order valence-corrected chi connectivity index (χ4v) is 8.55. The zero-order chi connectivity index (χ0) is 27.9. The molecule has 1 aromatic heterocycles. The number of aromatic nitrogens is 1. The third-order valence-electron chi connectivity index (χ3n) is 7.14. The molecule has 0 amide bonds. The Bertz CT molecular complexity index is 838. The molecule has 1 aromatic rings. The number of rotatable bonds is 7. The zero-order valence-corrected chi connectivity index (χ0v) is 27.4. The van der Waals surface area contributed by atoms with Gasteiger partial charge < -0.3 is 30.3 Å². The third kappa shape index (κ3) is 12.0. The van der Waals surface area contributed by atoms with Crippen LogP contribution in [0.4, 0.5) is 0 Å². The van der Waals surface area contributed by atoms with Crippen LogP contribution < -0.4 is 0 Å². The molecular formula is C26H42Cl2MnN5O3PS-4. The van der Waals surface area contributed by atoms with Gasteiger partial charge in [-0.15, -0.1) is 24.9 Å². The molecule has 0 saturated heterocycles. The van der Waals surface area contributed by atoms with Crippen molar-refractivity contribution >= 4 is 39.6 Å². The van der Waals surface area contributed by atoms with E-state index in [1.54, 1.807) is 0 Å². The van der Waals surface area contributed by atoms with Crippen molar-refractivity contribution in [1.29, 1.82) is 0 Å². The summed E-state index contributed by atoms with van der Waals surface area (Å²) in [5.74, 6) is 0. The fourth-order valence-electron chi connectivity index (χ4n) is 5.43. The Labute approximate surface area is 254 Å². The molecule has 3 aliphatic rings. The van der Waals surface area contributed by atoms with Crippen LogP contribution in [0.1, 0.15) is 76.6 Å². The van der Waals surface area contributed by atoms with Crippen LogP contribution in [0.3, 0.4) is 0 Å². The molecule has 2 unspecified atom stereocenters. The Morgan fingerprint density at radius 1 is 0.846 bits per heavy atom. The molecule has 2 fully saturated rings. The van der Waals surface area contributed by atoms with Crippen molar-refractivity contribution in [3.63, 3.8) is 0 Å². The van der Waals surface area contributed by atoms with E-state index >= 15 is 0 Å². The van der Waals surface area contributed by atoms with Crippen LogP contribution in [-0.4, -0.2) is 60.9 Å². The number of fused-ring (bicyclic) bond motifs is 4. The predicted molar refractivity (Wildman–Crippen MR) is 160 cm³/mol. The molecule has 0 N–H and O–H groups in total. The molecule has 0 aromatic carbocycles. The summed E-state index contributed by atoms with van der Waals surface area (Å²) in [4.78, 5) is 5.96. The molecule has 13 heteroatoms. The summed E-state index contributed by atoms with van der Waals surface area (Å²) in [6.45, 7) is 7.15. The van der Waals surface area contributed by atoms with Gasteiger partial charge in [-0.05, 0) is 26.0 Å². The number of hydrogen-bond donors (Lipinski definition) is 0. The third-order valence-corrected chi connectivity index (χ3v) is 10.8. The molecular weight excluding hydrogens is 619 g/mol. The van der Waals surface area contributed by atoms with Crippen molar-refractivity contribution in [1.82, 2.24) is 4.98 Å². The second-order valence-electron chi connectivity index (χ2n) is 9.89. The quantitative estimate of drug-likeness (QED) is 0.165. The summed E-state index contributed by atoms with van der Waals surface area (Å²) < 4.78 is 24.0. The van der Waals surface area contributed by atoms with Gasteiger partial charge in [0.05, 0.1) is 13.2 Å². The van der Waals surface area contributed by atoms with Crippen molar-refractivity contribution in [3.8, 4) is 0 Å². The van der Waals surface area contributed by atoms with Crippen LogP contribution in [0, 0.1) is 0 Å². The molecule has 0 spiro atoms. The molecule has 2 saturated carbocycles. The van der Waals surface area contributed by atoms with Crippen molar-refractivity contribution < 1.29 is 26.7 Å². The molecule has 2 heterocycles. The maximum absolute atomic E-state index is 13.0. The standard InChI is InChI=1S/C26H42N5O3PS.2ClH.Mn/c1-3-33-35(32,34-4-2)19-36-22-15-20-17-29-25-11-7-5-9-23(25)27-13-14-28-24-10-6-8-12-26(24)30-18-21(16-22)31-20;;;/h15-16,23-26H,3-14,17-19H2,1-2H3;2*1H;/q-4;;;+2/p-2/t23-,24?,25-,26?;;;/m1.../s1. The minimum absolute atomic E-state index is 0.00694. The summed E-state index contributed by atoms with van der Waals surface area (Å²) in [7, 11) is 6.45.